The third-order valence-corrected chi connectivity index (χ3v) is 3.97. The van der Waals surface area contributed by atoms with Gasteiger partial charge in [0.15, 0.2) is 17.3 Å². The molecule has 2 aromatic rings. The average Bonchev–Trinajstić information content (AvgIpc) is 2.47. The number of fused-ring (bicyclic) bond motifs is 2. The quantitative estimate of drug-likeness (QED) is 0.842. The average molecular weight is 271 g/mol. The highest BCUT2D eigenvalue weighted by Crippen LogP contribution is 2.35. The van der Waals surface area contributed by atoms with Crippen molar-refractivity contribution in [1.82, 2.24) is 4.98 Å². The molecule has 0 atom stereocenters. The highest BCUT2D eigenvalue weighted by molar-refractivity contribution is 6.00. The van der Waals surface area contributed by atoms with Gasteiger partial charge < -0.3 is 9.47 Å². The maximum absolute atomic E-state index is 12.0. The van der Waals surface area contributed by atoms with Crippen LogP contribution in [0.25, 0.3) is 10.9 Å². The number of methoxy groups -OCH3 is 2. The summed E-state index contributed by atoms with van der Waals surface area (Å²) in [5.74, 6) is 1.47. The highest BCUT2D eigenvalue weighted by Gasteiger charge is 2.22. The van der Waals surface area contributed by atoms with Crippen LogP contribution in [0.15, 0.2) is 12.1 Å². The molecule has 0 bridgehead atoms. The number of pyridine rings is 1. The summed E-state index contributed by atoms with van der Waals surface area (Å²) in [4.78, 5) is 16.6. The van der Waals surface area contributed by atoms with Crippen molar-refractivity contribution in [2.45, 2.75) is 26.2 Å². The van der Waals surface area contributed by atoms with Crippen molar-refractivity contribution in [2.75, 3.05) is 14.2 Å². The summed E-state index contributed by atoms with van der Waals surface area (Å²) in [6.45, 7) is 2.05. The van der Waals surface area contributed by atoms with E-state index in [2.05, 4.69) is 4.98 Å². The molecule has 1 aliphatic rings. The zero-order chi connectivity index (χ0) is 14.3. The van der Waals surface area contributed by atoms with E-state index in [1.54, 1.807) is 14.2 Å². The molecule has 0 radical (unpaired) electrons. The second-order valence-electron chi connectivity index (χ2n) is 5.07. The molecule has 0 aliphatic heterocycles. The molecule has 3 rings (SSSR count). The third-order valence-electron chi connectivity index (χ3n) is 3.97. The van der Waals surface area contributed by atoms with E-state index >= 15 is 0 Å². The predicted molar refractivity (Wildman–Crippen MR) is 76.9 cm³/mol. The number of hydrogen-bond donors (Lipinski definition) is 0. The molecule has 4 nitrogen and oxygen atoms in total. The molecule has 1 heterocycles. The summed E-state index contributed by atoms with van der Waals surface area (Å²) in [7, 11) is 3.22. The second-order valence-corrected chi connectivity index (χ2v) is 5.07. The first kappa shape index (κ1) is 12.9. The minimum absolute atomic E-state index is 0.144. The maximum Gasteiger partial charge on any atom is 0.181 e. The Morgan fingerprint density at radius 3 is 2.50 bits per heavy atom. The zero-order valence-electron chi connectivity index (χ0n) is 11.9. The fourth-order valence-electron chi connectivity index (χ4n) is 2.87. The number of ether oxygens (including phenoxy) is 2. The number of benzene rings is 1. The van der Waals surface area contributed by atoms with Crippen LogP contribution < -0.4 is 9.47 Å². The van der Waals surface area contributed by atoms with Crippen molar-refractivity contribution in [3.05, 3.63) is 29.0 Å². The largest absolute Gasteiger partial charge is 0.493 e. The number of carbonyl (C=O) groups is 1. The van der Waals surface area contributed by atoms with Crippen LogP contribution in [0.4, 0.5) is 0 Å². The van der Waals surface area contributed by atoms with Gasteiger partial charge in [0, 0.05) is 17.9 Å². The number of aryl methyl sites for hydroxylation is 1. The Morgan fingerprint density at radius 2 is 1.80 bits per heavy atom. The number of ketones is 1. The summed E-state index contributed by atoms with van der Waals surface area (Å²) in [5, 5.41) is 1.02. The van der Waals surface area contributed by atoms with Gasteiger partial charge in [-0.1, -0.05) is 0 Å². The van der Waals surface area contributed by atoms with Crippen LogP contribution in [0.3, 0.4) is 0 Å². The van der Waals surface area contributed by atoms with E-state index in [9.17, 15) is 4.79 Å². The summed E-state index contributed by atoms with van der Waals surface area (Å²) >= 11 is 0. The van der Waals surface area contributed by atoms with E-state index < -0.39 is 0 Å². The van der Waals surface area contributed by atoms with Crippen molar-refractivity contribution in [2.24, 2.45) is 0 Å². The molecule has 0 N–H and O–H groups in total. The molecular formula is C16H17NO3. The van der Waals surface area contributed by atoms with E-state index in [-0.39, 0.29) is 5.78 Å². The van der Waals surface area contributed by atoms with Gasteiger partial charge in [-0.15, -0.1) is 0 Å². The third kappa shape index (κ3) is 1.83. The molecule has 20 heavy (non-hydrogen) atoms. The van der Waals surface area contributed by atoms with E-state index in [4.69, 9.17) is 9.47 Å². The van der Waals surface area contributed by atoms with Crippen LogP contribution in [0.5, 0.6) is 11.5 Å². The van der Waals surface area contributed by atoms with Gasteiger partial charge in [0.25, 0.3) is 0 Å². The molecule has 4 heteroatoms. The van der Waals surface area contributed by atoms with Crippen LogP contribution in [0, 0.1) is 6.92 Å². The second kappa shape index (κ2) is 4.78. The molecule has 0 fully saturated rings. The molecule has 1 aromatic heterocycles. The Kier molecular flexibility index (Phi) is 3.08. The van der Waals surface area contributed by atoms with Crippen molar-refractivity contribution in [3.8, 4) is 11.5 Å². The van der Waals surface area contributed by atoms with Gasteiger partial charge in [-0.3, -0.25) is 4.79 Å². The molecule has 0 saturated carbocycles. The first-order valence-corrected chi connectivity index (χ1v) is 6.74. The lowest BCUT2D eigenvalue weighted by atomic mass is 9.89. The molecule has 0 spiro atoms. The Hall–Kier alpha value is -2.10. The number of nitrogens with zero attached hydrogens (tertiary/aromatic N) is 1. The summed E-state index contributed by atoms with van der Waals surface area (Å²) < 4.78 is 10.6. The molecule has 1 aliphatic carbocycles. The predicted octanol–water partition coefficient (Wildman–Crippen LogP) is 3.08. The van der Waals surface area contributed by atoms with Crippen LogP contribution >= 0.6 is 0 Å². The van der Waals surface area contributed by atoms with Gasteiger partial charge in [0.1, 0.15) is 5.69 Å². The SMILES string of the molecule is COc1cc2nc3c(c(C)c2cc1OC)CCCC3=O. The Bertz CT molecular complexity index is 707. The van der Waals surface area contributed by atoms with Crippen molar-refractivity contribution >= 4 is 16.7 Å². The van der Waals surface area contributed by atoms with Crippen LogP contribution in [-0.4, -0.2) is 25.0 Å². The number of rotatable bonds is 2. The molecule has 0 unspecified atom stereocenters. The van der Waals surface area contributed by atoms with Crippen LogP contribution in [0.2, 0.25) is 0 Å². The first-order valence-electron chi connectivity index (χ1n) is 6.74. The van der Waals surface area contributed by atoms with E-state index in [0.717, 1.165) is 34.9 Å². The summed E-state index contributed by atoms with van der Waals surface area (Å²) in [6, 6.07) is 3.78. The first-order chi connectivity index (χ1) is 9.65. The fraction of sp³-hybridized carbons (Fsp3) is 0.375. The molecule has 0 amide bonds. The molecular weight excluding hydrogens is 254 g/mol. The van der Waals surface area contributed by atoms with Crippen molar-refractivity contribution in [3.63, 3.8) is 0 Å². The number of aromatic nitrogens is 1. The molecule has 0 saturated heterocycles. The molecule has 1 aromatic carbocycles. The normalized spacial score (nSPS) is 14.2. The topological polar surface area (TPSA) is 48.4 Å². The van der Waals surface area contributed by atoms with E-state index in [1.165, 1.54) is 0 Å². The zero-order valence-corrected chi connectivity index (χ0v) is 11.9. The lowest BCUT2D eigenvalue weighted by Crippen LogP contribution is -2.15. The van der Waals surface area contributed by atoms with Crippen molar-refractivity contribution < 1.29 is 14.3 Å². The summed E-state index contributed by atoms with van der Waals surface area (Å²) in [6.07, 6.45) is 2.43. The Morgan fingerprint density at radius 1 is 1.10 bits per heavy atom. The fourth-order valence-corrected chi connectivity index (χ4v) is 2.87. The van der Waals surface area contributed by atoms with Gasteiger partial charge in [-0.2, -0.15) is 0 Å². The van der Waals surface area contributed by atoms with E-state index in [0.29, 0.717) is 23.6 Å². The minimum atomic E-state index is 0.144. The lowest BCUT2D eigenvalue weighted by molar-refractivity contribution is 0.0967. The van der Waals surface area contributed by atoms with Gasteiger partial charge >= 0.3 is 0 Å². The lowest BCUT2D eigenvalue weighted by Gasteiger charge is -2.19. The van der Waals surface area contributed by atoms with Gasteiger partial charge in [0.05, 0.1) is 19.7 Å². The number of Topliss-reactive ketones (excluding diaryl/α,β-unsaturated/α-hetero) is 1. The van der Waals surface area contributed by atoms with Crippen LogP contribution in [-0.2, 0) is 6.42 Å². The Labute approximate surface area is 117 Å². The monoisotopic (exact) mass is 271 g/mol. The number of hydrogen-bond acceptors (Lipinski definition) is 4. The number of carbonyl (C=O) groups excluding carboxylic acids is 1. The Balaban J connectivity index is 2.34. The van der Waals surface area contributed by atoms with Gasteiger partial charge in [-0.25, -0.2) is 4.98 Å². The summed E-state index contributed by atoms with van der Waals surface area (Å²) in [5.41, 5.74) is 3.63. The smallest absolute Gasteiger partial charge is 0.181 e. The van der Waals surface area contributed by atoms with Gasteiger partial charge in [0.2, 0.25) is 0 Å². The standard InChI is InChI=1S/C16H17NO3/c1-9-10-5-4-6-13(18)16(10)17-12-8-15(20-3)14(19-2)7-11(9)12/h7-8H,4-6H2,1-3H3. The van der Waals surface area contributed by atoms with Gasteiger partial charge in [-0.05, 0) is 37.0 Å². The van der Waals surface area contributed by atoms with E-state index in [1.807, 2.05) is 19.1 Å². The minimum Gasteiger partial charge on any atom is -0.493 e. The highest BCUT2D eigenvalue weighted by atomic mass is 16.5. The van der Waals surface area contributed by atoms with Crippen LogP contribution in [0.1, 0.15) is 34.5 Å². The molecule has 104 valence electrons. The van der Waals surface area contributed by atoms with Crippen molar-refractivity contribution in [1.29, 1.82) is 0 Å². The maximum atomic E-state index is 12.0.